The number of hydrogen-bond donors (Lipinski definition) is 5. The van der Waals surface area contributed by atoms with Gasteiger partial charge in [-0.25, -0.2) is 4.79 Å². The summed E-state index contributed by atoms with van der Waals surface area (Å²) in [5, 5.41) is 36.3. The van der Waals surface area contributed by atoms with Crippen molar-refractivity contribution in [3.8, 4) is 0 Å². The second kappa shape index (κ2) is 15.9. The number of nitrogens with one attached hydrogen (secondary N) is 2. The van der Waals surface area contributed by atoms with Gasteiger partial charge < -0.3 is 35.4 Å². The van der Waals surface area contributed by atoms with Crippen molar-refractivity contribution in [3.05, 3.63) is 47.5 Å². The van der Waals surface area contributed by atoms with Crippen molar-refractivity contribution in [2.75, 3.05) is 13.7 Å². The molecule has 1 aliphatic rings. The molecule has 0 radical (unpaired) electrons. The summed E-state index contributed by atoms with van der Waals surface area (Å²) in [5.41, 5.74) is 1.32. The summed E-state index contributed by atoms with van der Waals surface area (Å²) in [6, 6.07) is 6.35. The molecule has 0 aromatic heterocycles. The largest absolute Gasteiger partial charge is 0.457 e. The zero-order valence-corrected chi connectivity index (χ0v) is 24.3. The van der Waals surface area contributed by atoms with Crippen molar-refractivity contribution < 1.29 is 39.2 Å². The highest BCUT2D eigenvalue weighted by Gasteiger charge is 2.37. The maximum absolute atomic E-state index is 12.9. The van der Waals surface area contributed by atoms with E-state index in [0.29, 0.717) is 12.0 Å². The highest BCUT2D eigenvalue weighted by molar-refractivity contribution is 5.91. The van der Waals surface area contributed by atoms with Gasteiger partial charge in [-0.05, 0) is 48.8 Å². The van der Waals surface area contributed by atoms with E-state index in [1.165, 1.54) is 13.2 Å². The van der Waals surface area contributed by atoms with Crippen LogP contribution in [-0.2, 0) is 25.5 Å². The highest BCUT2D eigenvalue weighted by atomic mass is 16.5. The molecule has 0 aliphatic carbocycles. The highest BCUT2D eigenvalue weighted by Crippen LogP contribution is 2.18. The van der Waals surface area contributed by atoms with Crippen molar-refractivity contribution in [2.24, 2.45) is 5.41 Å². The Morgan fingerprint density at radius 2 is 1.77 bits per heavy atom. The molecule has 1 fully saturated rings. The number of ether oxygens (including phenoxy) is 2. The van der Waals surface area contributed by atoms with E-state index in [1.807, 2.05) is 32.9 Å². The van der Waals surface area contributed by atoms with Crippen LogP contribution in [0.3, 0.4) is 0 Å². The van der Waals surface area contributed by atoms with E-state index in [1.54, 1.807) is 18.2 Å². The SMILES string of the molecule is CCCCCc1ccc(C(=O)O[C@@H]2CCC(NC(=O)[C@H](OC)[C@H](O)[C@@H](O)[C@H](O)/C=C/C(C)(C)C)C(=O)NC2)cc1. The van der Waals surface area contributed by atoms with Crippen LogP contribution in [0.25, 0.3) is 0 Å². The normalized spacial score (nSPS) is 21.1. The first-order valence-corrected chi connectivity index (χ1v) is 14.0. The van der Waals surface area contributed by atoms with E-state index in [9.17, 15) is 29.7 Å². The first-order valence-electron chi connectivity index (χ1n) is 14.0. The Balaban J connectivity index is 1.93. The van der Waals surface area contributed by atoms with Crippen molar-refractivity contribution >= 4 is 17.8 Å². The number of methoxy groups -OCH3 is 1. The molecule has 10 heteroatoms. The Bertz CT molecular complexity index is 988. The molecule has 40 heavy (non-hydrogen) atoms. The van der Waals surface area contributed by atoms with E-state index in [-0.39, 0.29) is 18.4 Å². The van der Waals surface area contributed by atoms with Crippen LogP contribution in [0.2, 0.25) is 0 Å². The first kappa shape index (κ1) is 33.4. The molecule has 1 heterocycles. The average Bonchev–Trinajstić information content (AvgIpc) is 3.08. The monoisotopic (exact) mass is 562 g/mol. The molecule has 2 amide bonds. The molecule has 6 atom stereocenters. The second-order valence-electron chi connectivity index (χ2n) is 11.4. The third-order valence-electron chi connectivity index (χ3n) is 6.76. The zero-order valence-electron chi connectivity index (χ0n) is 24.3. The van der Waals surface area contributed by atoms with Crippen LogP contribution in [0, 0.1) is 5.41 Å². The lowest BCUT2D eigenvalue weighted by atomic mass is 9.94. The Kier molecular flexibility index (Phi) is 13.2. The standard InChI is InChI=1S/C30H46N2O8/c1-6-7-8-9-19-10-12-20(13-11-19)29(38)40-21-14-15-22(27(36)31-18-21)32-28(37)26(39-5)25(35)24(34)23(33)16-17-30(2,3)4/h10-13,16-17,21-26,33-35H,6-9,14-15,18H2,1-5H3,(H,31,36)(H,32,37)/b17-16+/t21-,22?,23-,24+,25-,26-/m1/s1. The molecule has 2 rings (SSSR count). The Labute approximate surface area is 237 Å². The number of aryl methyl sites for hydroxylation is 1. The quantitative estimate of drug-likeness (QED) is 0.139. The third kappa shape index (κ3) is 10.6. The van der Waals surface area contributed by atoms with Crippen LogP contribution >= 0.6 is 0 Å². The third-order valence-corrected chi connectivity index (χ3v) is 6.76. The summed E-state index contributed by atoms with van der Waals surface area (Å²) in [6.45, 7) is 7.95. The average molecular weight is 563 g/mol. The molecule has 224 valence electrons. The number of unbranched alkanes of at least 4 members (excludes halogenated alkanes) is 2. The molecule has 1 aromatic rings. The van der Waals surface area contributed by atoms with Crippen LogP contribution in [0.4, 0.5) is 0 Å². The van der Waals surface area contributed by atoms with Crippen molar-refractivity contribution in [1.29, 1.82) is 0 Å². The summed E-state index contributed by atoms with van der Waals surface area (Å²) in [7, 11) is 1.18. The summed E-state index contributed by atoms with van der Waals surface area (Å²) in [6.07, 6.45) is 0.850. The minimum Gasteiger partial charge on any atom is -0.457 e. The summed E-state index contributed by atoms with van der Waals surface area (Å²) in [4.78, 5) is 38.2. The fourth-order valence-electron chi connectivity index (χ4n) is 4.31. The number of allylic oxidation sites excluding steroid dienone is 1. The minimum atomic E-state index is -1.76. The molecule has 0 saturated carbocycles. The molecule has 10 nitrogen and oxygen atoms in total. The topological polar surface area (TPSA) is 154 Å². The summed E-state index contributed by atoms with van der Waals surface area (Å²) >= 11 is 0. The molecular formula is C30H46N2O8. The number of benzene rings is 1. The van der Waals surface area contributed by atoms with E-state index in [2.05, 4.69) is 17.6 Å². The lowest BCUT2D eigenvalue weighted by molar-refractivity contribution is -0.150. The number of aliphatic hydroxyl groups is 3. The summed E-state index contributed by atoms with van der Waals surface area (Å²) < 4.78 is 10.7. The van der Waals surface area contributed by atoms with Gasteiger partial charge in [-0.3, -0.25) is 9.59 Å². The van der Waals surface area contributed by atoms with Crippen molar-refractivity contribution in [3.63, 3.8) is 0 Å². The minimum absolute atomic E-state index is 0.0907. The van der Waals surface area contributed by atoms with Crippen LogP contribution in [0.5, 0.6) is 0 Å². The van der Waals surface area contributed by atoms with Gasteiger partial charge in [-0.2, -0.15) is 0 Å². The second-order valence-corrected chi connectivity index (χ2v) is 11.4. The fourth-order valence-corrected chi connectivity index (χ4v) is 4.31. The Morgan fingerprint density at radius 3 is 2.38 bits per heavy atom. The number of hydrogen-bond acceptors (Lipinski definition) is 8. The molecule has 1 saturated heterocycles. The van der Waals surface area contributed by atoms with Gasteiger partial charge in [0.1, 0.15) is 30.5 Å². The predicted octanol–water partition coefficient (Wildman–Crippen LogP) is 2.04. The smallest absolute Gasteiger partial charge is 0.338 e. The Hall–Kier alpha value is -2.79. The molecule has 0 bridgehead atoms. The van der Waals surface area contributed by atoms with Gasteiger partial charge in [0, 0.05) is 7.11 Å². The van der Waals surface area contributed by atoms with E-state index >= 15 is 0 Å². The van der Waals surface area contributed by atoms with Crippen molar-refractivity contribution in [1.82, 2.24) is 10.6 Å². The number of aliphatic hydroxyl groups excluding tert-OH is 3. The molecule has 0 spiro atoms. The van der Waals surface area contributed by atoms with Crippen LogP contribution in [0.1, 0.15) is 75.7 Å². The van der Waals surface area contributed by atoms with E-state index < -0.39 is 54.3 Å². The van der Waals surface area contributed by atoms with Gasteiger partial charge in [-0.15, -0.1) is 0 Å². The zero-order chi connectivity index (χ0) is 29.9. The maximum atomic E-state index is 12.9. The fraction of sp³-hybridized carbons (Fsp3) is 0.633. The molecular weight excluding hydrogens is 516 g/mol. The lowest BCUT2D eigenvalue weighted by Gasteiger charge is -2.28. The molecule has 1 unspecified atom stereocenters. The van der Waals surface area contributed by atoms with E-state index in [4.69, 9.17) is 9.47 Å². The van der Waals surface area contributed by atoms with Crippen LogP contribution in [-0.4, -0.2) is 83.3 Å². The Morgan fingerprint density at radius 1 is 1.10 bits per heavy atom. The van der Waals surface area contributed by atoms with Gasteiger partial charge in [0.25, 0.3) is 5.91 Å². The van der Waals surface area contributed by atoms with Gasteiger partial charge >= 0.3 is 5.97 Å². The predicted molar refractivity (Wildman–Crippen MR) is 150 cm³/mol. The number of carbonyl (C=O) groups excluding carboxylic acids is 3. The van der Waals surface area contributed by atoms with Crippen LogP contribution in [0.15, 0.2) is 36.4 Å². The summed E-state index contributed by atoms with van der Waals surface area (Å²) in [5.74, 6) is -1.78. The molecule has 1 aromatic carbocycles. The van der Waals surface area contributed by atoms with E-state index in [0.717, 1.165) is 31.2 Å². The molecule has 1 aliphatic heterocycles. The maximum Gasteiger partial charge on any atom is 0.338 e. The number of carbonyl (C=O) groups is 3. The van der Waals surface area contributed by atoms with Gasteiger partial charge in [-0.1, -0.05) is 64.8 Å². The number of amides is 2. The first-order chi connectivity index (χ1) is 18.9. The van der Waals surface area contributed by atoms with Crippen molar-refractivity contribution in [2.45, 2.75) is 103 Å². The molecule has 5 N–H and O–H groups in total. The van der Waals surface area contributed by atoms with Gasteiger partial charge in [0.15, 0.2) is 6.10 Å². The number of rotatable bonds is 13. The van der Waals surface area contributed by atoms with Gasteiger partial charge in [0.2, 0.25) is 5.91 Å². The lowest BCUT2D eigenvalue weighted by Crippen LogP contribution is -2.55. The number of esters is 1. The van der Waals surface area contributed by atoms with Gasteiger partial charge in [0.05, 0.1) is 12.1 Å². The van der Waals surface area contributed by atoms with Crippen LogP contribution < -0.4 is 10.6 Å².